The van der Waals surface area contributed by atoms with Crippen LogP contribution < -0.4 is 10.6 Å². The van der Waals surface area contributed by atoms with Crippen molar-refractivity contribution in [3.63, 3.8) is 0 Å². The van der Waals surface area contributed by atoms with Crippen LogP contribution in [0.5, 0.6) is 0 Å². The minimum atomic E-state index is 0.214. The van der Waals surface area contributed by atoms with Gasteiger partial charge in [-0.2, -0.15) is 0 Å². The van der Waals surface area contributed by atoms with Crippen LogP contribution in [0.4, 0.5) is 0 Å². The molecule has 2 rings (SSSR count). The summed E-state index contributed by atoms with van der Waals surface area (Å²) < 4.78 is 0. The fourth-order valence-corrected chi connectivity index (χ4v) is 3.09. The zero-order chi connectivity index (χ0) is 13.7. The minimum absolute atomic E-state index is 0.214. The van der Waals surface area contributed by atoms with E-state index in [4.69, 9.17) is 0 Å². The van der Waals surface area contributed by atoms with Gasteiger partial charge >= 0.3 is 0 Å². The molecule has 2 aliphatic rings. The molecular weight excluding hydrogens is 240 g/mol. The number of carbonyl (C=O) groups excluding carboxylic acids is 1. The highest BCUT2D eigenvalue weighted by atomic mass is 16.1. The zero-order valence-electron chi connectivity index (χ0n) is 12.3. The molecule has 0 spiro atoms. The second-order valence-corrected chi connectivity index (χ2v) is 6.01. The monoisotopic (exact) mass is 268 g/mol. The van der Waals surface area contributed by atoms with Crippen LogP contribution in [-0.2, 0) is 4.79 Å². The van der Waals surface area contributed by atoms with Crippen molar-refractivity contribution < 1.29 is 4.79 Å². The van der Waals surface area contributed by atoms with Crippen LogP contribution >= 0.6 is 0 Å². The SMILES string of the molecule is CC(CC(=O)NC1CCCN(C)C1)N1CCNCC1. The van der Waals surface area contributed by atoms with E-state index < -0.39 is 0 Å². The van der Waals surface area contributed by atoms with Gasteiger partial charge in [0.15, 0.2) is 0 Å². The molecule has 0 aromatic carbocycles. The summed E-state index contributed by atoms with van der Waals surface area (Å²) >= 11 is 0. The summed E-state index contributed by atoms with van der Waals surface area (Å²) in [4.78, 5) is 16.8. The van der Waals surface area contributed by atoms with Gasteiger partial charge in [0.1, 0.15) is 0 Å². The molecule has 0 aromatic heterocycles. The van der Waals surface area contributed by atoms with Crippen LogP contribution in [0, 0.1) is 0 Å². The fraction of sp³-hybridized carbons (Fsp3) is 0.929. The smallest absolute Gasteiger partial charge is 0.221 e. The molecule has 2 atom stereocenters. The Bertz CT molecular complexity index is 291. The van der Waals surface area contributed by atoms with Crippen LogP contribution in [-0.4, -0.2) is 74.1 Å². The number of likely N-dealkylation sites (N-methyl/N-ethyl adjacent to an activating group) is 1. The third-order valence-electron chi connectivity index (χ3n) is 4.25. The van der Waals surface area contributed by atoms with E-state index in [1.54, 1.807) is 0 Å². The predicted octanol–water partition coefficient (Wildman–Crippen LogP) is -0.119. The Hall–Kier alpha value is -0.650. The first-order chi connectivity index (χ1) is 9.15. The third-order valence-corrected chi connectivity index (χ3v) is 4.25. The Morgan fingerprint density at radius 1 is 1.37 bits per heavy atom. The van der Waals surface area contributed by atoms with Gasteiger partial charge in [-0.15, -0.1) is 0 Å². The van der Waals surface area contributed by atoms with Gasteiger partial charge in [0.05, 0.1) is 0 Å². The molecular formula is C14H28N4O. The molecule has 0 aromatic rings. The van der Waals surface area contributed by atoms with Crippen molar-refractivity contribution in [3.8, 4) is 0 Å². The van der Waals surface area contributed by atoms with E-state index in [1.807, 2.05) is 0 Å². The fourth-order valence-electron chi connectivity index (χ4n) is 3.09. The Morgan fingerprint density at radius 3 is 2.79 bits per heavy atom. The van der Waals surface area contributed by atoms with Crippen LogP contribution in [0.2, 0.25) is 0 Å². The summed E-state index contributed by atoms with van der Waals surface area (Å²) in [6.07, 6.45) is 2.94. The van der Waals surface area contributed by atoms with E-state index >= 15 is 0 Å². The first kappa shape index (κ1) is 14.8. The van der Waals surface area contributed by atoms with Crippen molar-refractivity contribution in [1.82, 2.24) is 20.4 Å². The van der Waals surface area contributed by atoms with Crippen LogP contribution in [0.15, 0.2) is 0 Å². The average Bonchev–Trinajstić information content (AvgIpc) is 2.39. The molecule has 2 fully saturated rings. The first-order valence-electron chi connectivity index (χ1n) is 7.58. The van der Waals surface area contributed by atoms with Crippen LogP contribution in [0.1, 0.15) is 26.2 Å². The molecule has 5 heteroatoms. The highest BCUT2D eigenvalue weighted by Gasteiger charge is 2.22. The van der Waals surface area contributed by atoms with Gasteiger partial charge in [-0.3, -0.25) is 9.69 Å². The quantitative estimate of drug-likeness (QED) is 0.746. The van der Waals surface area contributed by atoms with Gasteiger partial charge in [0.25, 0.3) is 0 Å². The maximum atomic E-state index is 12.1. The van der Waals surface area contributed by atoms with Crippen molar-refractivity contribution in [1.29, 1.82) is 0 Å². The summed E-state index contributed by atoms with van der Waals surface area (Å²) in [5, 5.41) is 6.54. The molecule has 5 nitrogen and oxygen atoms in total. The van der Waals surface area contributed by atoms with E-state index in [-0.39, 0.29) is 5.91 Å². The van der Waals surface area contributed by atoms with Gasteiger partial charge in [0.2, 0.25) is 5.91 Å². The van der Waals surface area contributed by atoms with E-state index in [0.717, 1.165) is 45.7 Å². The second kappa shape index (κ2) is 7.22. The summed E-state index contributed by atoms with van der Waals surface area (Å²) in [5.74, 6) is 0.214. The number of piperidine rings is 1. The second-order valence-electron chi connectivity index (χ2n) is 6.01. The van der Waals surface area contributed by atoms with Gasteiger partial charge in [0, 0.05) is 51.2 Å². The predicted molar refractivity (Wildman–Crippen MR) is 77.2 cm³/mol. The van der Waals surface area contributed by atoms with Crippen LogP contribution in [0.25, 0.3) is 0 Å². The number of hydrogen-bond donors (Lipinski definition) is 2. The molecule has 2 unspecified atom stereocenters. The number of piperazine rings is 1. The molecule has 2 aliphatic heterocycles. The van der Waals surface area contributed by atoms with Gasteiger partial charge in [-0.25, -0.2) is 0 Å². The van der Waals surface area contributed by atoms with Crippen molar-refractivity contribution in [2.45, 2.75) is 38.3 Å². The molecule has 2 N–H and O–H groups in total. The Balaban J connectivity index is 1.70. The number of rotatable bonds is 4. The van der Waals surface area contributed by atoms with Gasteiger partial charge < -0.3 is 15.5 Å². The molecule has 2 heterocycles. The van der Waals surface area contributed by atoms with E-state index in [2.05, 4.69) is 34.4 Å². The summed E-state index contributed by atoms with van der Waals surface area (Å²) in [5.41, 5.74) is 0. The van der Waals surface area contributed by atoms with Crippen molar-refractivity contribution in [2.75, 3.05) is 46.3 Å². The summed E-state index contributed by atoms with van der Waals surface area (Å²) in [7, 11) is 2.13. The first-order valence-corrected chi connectivity index (χ1v) is 7.58. The molecule has 19 heavy (non-hydrogen) atoms. The Labute approximate surface area is 116 Å². The average molecular weight is 268 g/mol. The third kappa shape index (κ3) is 4.75. The zero-order valence-corrected chi connectivity index (χ0v) is 12.3. The van der Waals surface area contributed by atoms with Gasteiger partial charge in [-0.1, -0.05) is 0 Å². The number of likely N-dealkylation sites (tertiary alicyclic amines) is 1. The van der Waals surface area contributed by atoms with Gasteiger partial charge in [-0.05, 0) is 33.4 Å². The number of amides is 1. The number of hydrogen-bond acceptors (Lipinski definition) is 4. The lowest BCUT2D eigenvalue weighted by atomic mass is 10.1. The lowest BCUT2D eigenvalue weighted by molar-refractivity contribution is -0.123. The van der Waals surface area contributed by atoms with Crippen LogP contribution in [0.3, 0.4) is 0 Å². The normalized spacial score (nSPS) is 28.0. The molecule has 0 saturated carbocycles. The van der Waals surface area contributed by atoms with E-state index in [0.29, 0.717) is 18.5 Å². The molecule has 0 bridgehead atoms. The summed E-state index contributed by atoms with van der Waals surface area (Å²) in [6, 6.07) is 0.699. The lowest BCUT2D eigenvalue weighted by Crippen LogP contribution is -2.50. The topological polar surface area (TPSA) is 47.6 Å². The number of nitrogens with one attached hydrogen (secondary N) is 2. The molecule has 0 radical (unpaired) electrons. The largest absolute Gasteiger partial charge is 0.352 e. The maximum absolute atomic E-state index is 12.1. The van der Waals surface area contributed by atoms with E-state index in [1.165, 1.54) is 6.42 Å². The van der Waals surface area contributed by atoms with E-state index in [9.17, 15) is 4.79 Å². The number of carbonyl (C=O) groups is 1. The van der Waals surface area contributed by atoms with Crippen molar-refractivity contribution >= 4 is 5.91 Å². The van der Waals surface area contributed by atoms with Crippen molar-refractivity contribution in [2.24, 2.45) is 0 Å². The molecule has 1 amide bonds. The summed E-state index contributed by atoms with van der Waals surface area (Å²) in [6.45, 7) is 8.51. The molecule has 110 valence electrons. The molecule has 2 saturated heterocycles. The maximum Gasteiger partial charge on any atom is 0.221 e. The standard InChI is InChI=1S/C14H28N4O/c1-12(18-8-5-15-6-9-18)10-14(19)16-13-4-3-7-17(2)11-13/h12-13,15H,3-11H2,1-2H3,(H,16,19). The Kier molecular flexibility index (Phi) is 5.60. The minimum Gasteiger partial charge on any atom is -0.352 e. The highest BCUT2D eigenvalue weighted by molar-refractivity contribution is 5.76. The van der Waals surface area contributed by atoms with Crippen molar-refractivity contribution in [3.05, 3.63) is 0 Å². The lowest BCUT2D eigenvalue weighted by Gasteiger charge is -2.34. The highest BCUT2D eigenvalue weighted by Crippen LogP contribution is 2.09. The molecule has 0 aliphatic carbocycles. The number of nitrogens with zero attached hydrogens (tertiary/aromatic N) is 2. The Morgan fingerprint density at radius 2 is 2.11 bits per heavy atom.